The summed E-state index contributed by atoms with van der Waals surface area (Å²) in [6, 6.07) is 25.0. The minimum atomic E-state index is -0.512. The first-order chi connectivity index (χ1) is 12.3. The van der Waals surface area contributed by atoms with Crippen molar-refractivity contribution in [2.75, 3.05) is 0 Å². The van der Waals surface area contributed by atoms with Crippen molar-refractivity contribution >= 4 is 28.7 Å². The highest BCUT2D eigenvalue weighted by atomic mass is 16.6. The molecule has 0 amide bonds. The van der Waals surface area contributed by atoms with Gasteiger partial charge in [0.15, 0.2) is 0 Å². The van der Waals surface area contributed by atoms with Crippen molar-refractivity contribution in [3.63, 3.8) is 0 Å². The maximum atomic E-state index is 6.11. The molecular weight excluding hydrogens is 307 g/mol. The molecule has 0 aromatic heterocycles. The van der Waals surface area contributed by atoms with Crippen LogP contribution in [-0.2, 0) is 0 Å². The minimum Gasteiger partial charge on any atom is -0.522 e. The Kier molecular flexibility index (Phi) is 3.07. The number of hydrogen-bond donors (Lipinski definition) is 0. The van der Waals surface area contributed by atoms with Crippen molar-refractivity contribution in [2.24, 2.45) is 0 Å². The van der Waals surface area contributed by atoms with Crippen LogP contribution in [0.3, 0.4) is 0 Å². The molecule has 1 aliphatic rings. The van der Waals surface area contributed by atoms with Crippen LogP contribution in [0.25, 0.3) is 32.7 Å². The van der Waals surface area contributed by atoms with Gasteiger partial charge in [-0.2, -0.15) is 0 Å². The molecule has 0 spiro atoms. The van der Waals surface area contributed by atoms with E-state index in [0.29, 0.717) is 0 Å². The summed E-state index contributed by atoms with van der Waals surface area (Å²) >= 11 is 0. The molecule has 2 nitrogen and oxygen atoms in total. The molecule has 1 heterocycles. The Labute approximate surface area is 146 Å². The maximum Gasteiger partial charge on any atom is 0.624 e. The first-order valence-corrected chi connectivity index (χ1v) is 8.35. The number of rotatable bonds is 1. The Morgan fingerprint density at radius 1 is 0.640 bits per heavy atom. The van der Waals surface area contributed by atoms with Gasteiger partial charge in [-0.3, -0.25) is 0 Å². The van der Waals surface area contributed by atoms with Crippen LogP contribution in [0.1, 0.15) is 0 Å². The topological polar surface area (TPSA) is 18.5 Å². The van der Waals surface area contributed by atoms with Crippen molar-refractivity contribution < 1.29 is 9.31 Å². The summed E-state index contributed by atoms with van der Waals surface area (Å²) in [5.74, 6) is 3.32. The standard InChI is InChI=1S/C22H15BO2/c1-2-23-24-19-13-11-15-7-3-5-9-17(15)21(19)22-18-10-6-4-8-16(18)12-14-20(22)25-23/h2-14H,1H2. The number of benzene rings is 4. The summed E-state index contributed by atoms with van der Waals surface area (Å²) in [5.41, 5.74) is 2.16. The summed E-state index contributed by atoms with van der Waals surface area (Å²) in [7, 11) is -0.512. The van der Waals surface area contributed by atoms with E-state index >= 15 is 0 Å². The second-order valence-corrected chi connectivity index (χ2v) is 6.16. The average molecular weight is 322 g/mol. The van der Waals surface area contributed by atoms with Crippen LogP contribution in [0.15, 0.2) is 85.4 Å². The monoisotopic (exact) mass is 322 g/mol. The summed E-state index contributed by atoms with van der Waals surface area (Å²) in [6.07, 6.45) is 0. The molecule has 0 unspecified atom stereocenters. The Hall–Kier alpha value is -3.20. The zero-order chi connectivity index (χ0) is 16.8. The van der Waals surface area contributed by atoms with Crippen LogP contribution in [0.2, 0.25) is 0 Å². The molecule has 0 bridgehead atoms. The molecule has 0 fully saturated rings. The molecule has 3 heteroatoms. The van der Waals surface area contributed by atoms with E-state index in [0.717, 1.165) is 33.4 Å². The van der Waals surface area contributed by atoms with Gasteiger partial charge in [-0.15, -0.1) is 6.58 Å². The molecule has 4 aromatic rings. The van der Waals surface area contributed by atoms with Crippen molar-refractivity contribution in [2.45, 2.75) is 0 Å². The van der Waals surface area contributed by atoms with E-state index in [9.17, 15) is 0 Å². The highest BCUT2D eigenvalue weighted by Gasteiger charge is 2.29. The van der Waals surface area contributed by atoms with Crippen LogP contribution in [0, 0.1) is 0 Å². The van der Waals surface area contributed by atoms with Crippen molar-refractivity contribution in [3.05, 3.63) is 85.4 Å². The molecule has 0 saturated heterocycles. The van der Waals surface area contributed by atoms with E-state index in [-0.39, 0.29) is 0 Å². The highest BCUT2D eigenvalue weighted by molar-refractivity contribution is 6.52. The van der Waals surface area contributed by atoms with Crippen LogP contribution >= 0.6 is 0 Å². The van der Waals surface area contributed by atoms with E-state index in [1.54, 1.807) is 5.98 Å². The van der Waals surface area contributed by atoms with Gasteiger partial charge in [-0.25, -0.2) is 0 Å². The van der Waals surface area contributed by atoms with Gasteiger partial charge in [0.2, 0.25) is 0 Å². The number of fused-ring (bicyclic) bond motifs is 7. The smallest absolute Gasteiger partial charge is 0.522 e. The first kappa shape index (κ1) is 14.2. The van der Waals surface area contributed by atoms with Gasteiger partial charge in [-0.05, 0) is 39.7 Å². The van der Waals surface area contributed by atoms with E-state index in [2.05, 4.69) is 67.2 Å². The lowest BCUT2D eigenvalue weighted by Gasteiger charge is -2.14. The largest absolute Gasteiger partial charge is 0.624 e. The third-order valence-electron chi connectivity index (χ3n) is 4.71. The predicted molar refractivity (Wildman–Crippen MR) is 104 cm³/mol. The molecule has 4 aromatic carbocycles. The fourth-order valence-electron chi connectivity index (χ4n) is 3.59. The third kappa shape index (κ3) is 2.13. The minimum absolute atomic E-state index is 0.512. The zero-order valence-electron chi connectivity index (χ0n) is 13.6. The molecule has 0 aliphatic carbocycles. The lowest BCUT2D eigenvalue weighted by molar-refractivity contribution is 0.447. The quantitative estimate of drug-likeness (QED) is 0.422. The van der Waals surface area contributed by atoms with E-state index in [1.807, 2.05) is 12.1 Å². The molecule has 0 radical (unpaired) electrons. The Bertz CT molecular complexity index is 1050. The molecule has 5 rings (SSSR count). The van der Waals surface area contributed by atoms with Crippen LogP contribution in [0.5, 0.6) is 11.5 Å². The lowest BCUT2D eigenvalue weighted by Crippen LogP contribution is -2.26. The summed E-state index contributed by atoms with van der Waals surface area (Å²) in [5, 5.41) is 4.68. The fourth-order valence-corrected chi connectivity index (χ4v) is 3.59. The van der Waals surface area contributed by atoms with Gasteiger partial charge in [-0.1, -0.05) is 60.7 Å². The van der Waals surface area contributed by atoms with Crippen LogP contribution in [-0.4, -0.2) is 7.12 Å². The van der Waals surface area contributed by atoms with E-state index < -0.39 is 7.12 Å². The highest BCUT2D eigenvalue weighted by Crippen LogP contribution is 2.47. The second kappa shape index (κ2) is 5.42. The molecular formula is C22H15BO2. The Balaban J connectivity index is 1.98. The molecule has 118 valence electrons. The maximum absolute atomic E-state index is 6.11. The Morgan fingerprint density at radius 2 is 1.12 bits per heavy atom. The Morgan fingerprint density at radius 3 is 1.60 bits per heavy atom. The van der Waals surface area contributed by atoms with Gasteiger partial charge in [0.1, 0.15) is 11.5 Å². The summed E-state index contributed by atoms with van der Waals surface area (Å²) < 4.78 is 12.2. The van der Waals surface area contributed by atoms with E-state index in [4.69, 9.17) is 9.31 Å². The predicted octanol–water partition coefficient (Wildman–Crippen LogP) is 5.64. The number of hydrogen-bond acceptors (Lipinski definition) is 2. The first-order valence-electron chi connectivity index (χ1n) is 8.35. The molecule has 0 saturated carbocycles. The van der Waals surface area contributed by atoms with Crippen molar-refractivity contribution in [1.29, 1.82) is 0 Å². The van der Waals surface area contributed by atoms with Crippen molar-refractivity contribution in [3.8, 4) is 22.6 Å². The van der Waals surface area contributed by atoms with Crippen molar-refractivity contribution in [1.82, 2.24) is 0 Å². The SMILES string of the molecule is C=CB1Oc2ccc3ccccc3c2-c2c(ccc3ccccc23)O1. The van der Waals surface area contributed by atoms with Crippen LogP contribution < -0.4 is 9.31 Å². The van der Waals surface area contributed by atoms with Gasteiger partial charge in [0, 0.05) is 11.1 Å². The molecule has 1 aliphatic heterocycles. The fraction of sp³-hybridized carbons (Fsp3) is 0. The second-order valence-electron chi connectivity index (χ2n) is 6.16. The van der Waals surface area contributed by atoms with E-state index in [1.165, 1.54) is 10.8 Å². The molecule has 0 N–H and O–H groups in total. The van der Waals surface area contributed by atoms with Crippen LogP contribution in [0.4, 0.5) is 0 Å². The van der Waals surface area contributed by atoms with Gasteiger partial charge >= 0.3 is 7.12 Å². The summed E-state index contributed by atoms with van der Waals surface area (Å²) in [4.78, 5) is 0. The third-order valence-corrected chi connectivity index (χ3v) is 4.71. The van der Waals surface area contributed by atoms with Gasteiger partial charge in [0.25, 0.3) is 0 Å². The average Bonchev–Trinajstić information content (AvgIpc) is 2.84. The molecule has 0 atom stereocenters. The zero-order valence-corrected chi connectivity index (χ0v) is 13.6. The lowest BCUT2D eigenvalue weighted by atomic mass is 9.91. The molecule has 25 heavy (non-hydrogen) atoms. The van der Waals surface area contributed by atoms with Gasteiger partial charge in [0.05, 0.1) is 0 Å². The normalized spacial score (nSPS) is 12.7. The van der Waals surface area contributed by atoms with Gasteiger partial charge < -0.3 is 9.31 Å². The summed E-state index contributed by atoms with van der Waals surface area (Å²) in [6.45, 7) is 3.85.